The molecule has 69 heavy (non-hydrogen) atoms. The maximum atomic E-state index is 13.3. The van der Waals surface area contributed by atoms with E-state index in [9.17, 15) is 19.8 Å². The van der Waals surface area contributed by atoms with Gasteiger partial charge in [-0.2, -0.15) is 0 Å². The Balaban J connectivity index is 4.50. The van der Waals surface area contributed by atoms with Gasteiger partial charge in [0.2, 0.25) is 5.91 Å². The van der Waals surface area contributed by atoms with Crippen LogP contribution in [0.25, 0.3) is 0 Å². The minimum Gasteiger partial charge on any atom is -0.462 e. The van der Waals surface area contributed by atoms with Gasteiger partial charge in [0.05, 0.1) is 25.2 Å². The Bertz CT molecular complexity index is 1050. The first-order valence-corrected chi connectivity index (χ1v) is 31.4. The Labute approximate surface area is 431 Å². The maximum absolute atomic E-state index is 13.3. The summed E-state index contributed by atoms with van der Waals surface area (Å²) in [5.74, 6) is -0.456. The van der Waals surface area contributed by atoms with Gasteiger partial charge in [0.25, 0.3) is 0 Å². The van der Waals surface area contributed by atoms with Crippen LogP contribution in [0, 0.1) is 0 Å². The first-order chi connectivity index (χ1) is 34.0. The van der Waals surface area contributed by atoms with Crippen molar-refractivity contribution in [2.45, 2.75) is 373 Å². The molecule has 0 saturated carbocycles. The van der Waals surface area contributed by atoms with Gasteiger partial charge < -0.3 is 20.3 Å². The van der Waals surface area contributed by atoms with E-state index in [4.69, 9.17) is 4.74 Å². The molecule has 410 valence electrons. The molecule has 0 aromatic carbocycles. The Hall–Kier alpha value is -1.40. The van der Waals surface area contributed by atoms with Crippen molar-refractivity contribution in [2.24, 2.45) is 0 Å². The molecule has 0 saturated heterocycles. The topological polar surface area (TPSA) is 95.9 Å². The van der Waals surface area contributed by atoms with Crippen molar-refractivity contribution in [3.8, 4) is 0 Å². The molecule has 0 aromatic heterocycles. The van der Waals surface area contributed by atoms with Crippen LogP contribution in [-0.4, -0.2) is 46.9 Å². The fourth-order valence-corrected chi connectivity index (χ4v) is 10.1. The lowest BCUT2D eigenvalue weighted by molar-refractivity contribution is -0.151. The number of aliphatic hydroxyl groups is 2. The zero-order chi connectivity index (χ0) is 50.2. The van der Waals surface area contributed by atoms with Gasteiger partial charge in [-0.15, -0.1) is 0 Å². The van der Waals surface area contributed by atoms with E-state index in [1.165, 1.54) is 257 Å². The standard InChI is InChI=1S/C63H123NO5/c1-4-7-10-13-16-19-22-25-28-30-32-35-38-41-44-47-50-53-56-63(68)69-59(54-51-48-45-42-39-36-34-31-29-26-23-20-17-14-11-8-5-2)57-62(67)64-60(58-65)61(66)55-52-49-46-43-40-37-33-27-24-21-18-15-12-9-6-3/h32,35,59-61,65-66H,4-31,33-34,36-58H2,1-3H3,(H,64,67)/b35-32+. The van der Waals surface area contributed by atoms with Crippen molar-refractivity contribution in [2.75, 3.05) is 6.61 Å². The Morgan fingerprint density at radius 3 is 1.03 bits per heavy atom. The largest absolute Gasteiger partial charge is 0.462 e. The number of nitrogens with one attached hydrogen (secondary N) is 1. The lowest BCUT2D eigenvalue weighted by atomic mass is 10.0. The van der Waals surface area contributed by atoms with Crippen LogP contribution in [0.1, 0.15) is 355 Å². The summed E-state index contributed by atoms with van der Waals surface area (Å²) in [6.45, 7) is 6.54. The zero-order valence-corrected chi connectivity index (χ0v) is 47.0. The van der Waals surface area contributed by atoms with Gasteiger partial charge in [-0.05, 0) is 51.4 Å². The van der Waals surface area contributed by atoms with Gasteiger partial charge in [-0.25, -0.2) is 0 Å². The summed E-state index contributed by atoms with van der Waals surface area (Å²) in [6.07, 6.45) is 67.1. The number of rotatable bonds is 58. The third-order valence-electron chi connectivity index (χ3n) is 14.8. The summed E-state index contributed by atoms with van der Waals surface area (Å²) >= 11 is 0. The SMILES string of the molecule is CCCCCCCCCCC/C=C/CCCCCCCC(=O)OC(CCCCCCCCCCCCCCCCCCC)CC(=O)NC(CO)C(O)CCCCCCCCCCCCCCCCC. The zero-order valence-electron chi connectivity index (χ0n) is 47.0. The van der Waals surface area contributed by atoms with Crippen LogP contribution in [0.15, 0.2) is 12.2 Å². The van der Waals surface area contributed by atoms with E-state index in [1.807, 2.05) is 0 Å². The van der Waals surface area contributed by atoms with E-state index in [0.717, 1.165) is 51.4 Å². The van der Waals surface area contributed by atoms with Gasteiger partial charge in [-0.1, -0.05) is 303 Å². The van der Waals surface area contributed by atoms with Crippen LogP contribution in [0.4, 0.5) is 0 Å². The molecule has 3 N–H and O–H groups in total. The molecular formula is C63H123NO5. The first kappa shape index (κ1) is 67.6. The van der Waals surface area contributed by atoms with Crippen LogP contribution >= 0.6 is 0 Å². The van der Waals surface area contributed by atoms with Crippen molar-refractivity contribution < 1.29 is 24.5 Å². The molecule has 0 radical (unpaired) electrons. The molecular weight excluding hydrogens is 851 g/mol. The number of ether oxygens (including phenoxy) is 1. The Morgan fingerprint density at radius 1 is 0.406 bits per heavy atom. The fourth-order valence-electron chi connectivity index (χ4n) is 10.1. The summed E-state index contributed by atoms with van der Waals surface area (Å²) in [6, 6.07) is -0.698. The van der Waals surface area contributed by atoms with Gasteiger partial charge in [0.15, 0.2) is 0 Å². The highest BCUT2D eigenvalue weighted by molar-refractivity contribution is 5.77. The van der Waals surface area contributed by atoms with E-state index in [1.54, 1.807) is 0 Å². The maximum Gasteiger partial charge on any atom is 0.306 e. The van der Waals surface area contributed by atoms with Crippen LogP contribution in [0.2, 0.25) is 0 Å². The van der Waals surface area contributed by atoms with Gasteiger partial charge >= 0.3 is 5.97 Å². The molecule has 3 unspecified atom stereocenters. The van der Waals surface area contributed by atoms with Crippen LogP contribution in [0.5, 0.6) is 0 Å². The van der Waals surface area contributed by atoms with Gasteiger partial charge in [-0.3, -0.25) is 9.59 Å². The monoisotopic (exact) mass is 974 g/mol. The number of allylic oxidation sites excluding steroid dienone is 2. The second kappa shape index (κ2) is 57.5. The number of esters is 1. The third kappa shape index (κ3) is 52.7. The van der Waals surface area contributed by atoms with E-state index in [2.05, 4.69) is 38.2 Å². The average molecular weight is 975 g/mol. The van der Waals surface area contributed by atoms with Crippen LogP contribution < -0.4 is 5.32 Å². The second-order valence-electron chi connectivity index (χ2n) is 21.8. The lowest BCUT2D eigenvalue weighted by Gasteiger charge is -2.24. The lowest BCUT2D eigenvalue weighted by Crippen LogP contribution is -2.46. The minimum atomic E-state index is -0.785. The van der Waals surface area contributed by atoms with Crippen molar-refractivity contribution in [1.82, 2.24) is 5.32 Å². The van der Waals surface area contributed by atoms with E-state index in [-0.39, 0.29) is 24.9 Å². The summed E-state index contributed by atoms with van der Waals surface area (Å²) in [4.78, 5) is 26.4. The molecule has 0 fully saturated rings. The predicted octanol–water partition coefficient (Wildman–Crippen LogP) is 19.6. The van der Waals surface area contributed by atoms with Crippen molar-refractivity contribution in [3.63, 3.8) is 0 Å². The van der Waals surface area contributed by atoms with Crippen LogP contribution in [0.3, 0.4) is 0 Å². The molecule has 0 aliphatic carbocycles. The normalized spacial score (nSPS) is 13.1. The molecule has 0 aromatic rings. The summed E-state index contributed by atoms with van der Waals surface area (Å²) < 4.78 is 5.99. The minimum absolute atomic E-state index is 0.0828. The summed E-state index contributed by atoms with van der Waals surface area (Å²) in [7, 11) is 0. The third-order valence-corrected chi connectivity index (χ3v) is 14.8. The summed E-state index contributed by atoms with van der Waals surface area (Å²) in [5.41, 5.74) is 0. The number of hydrogen-bond acceptors (Lipinski definition) is 5. The molecule has 0 rings (SSSR count). The van der Waals surface area contributed by atoms with Crippen LogP contribution in [-0.2, 0) is 14.3 Å². The molecule has 0 spiro atoms. The average Bonchev–Trinajstić information content (AvgIpc) is 3.34. The van der Waals surface area contributed by atoms with Crippen molar-refractivity contribution in [3.05, 3.63) is 12.2 Å². The fraction of sp³-hybridized carbons (Fsp3) is 0.937. The number of amides is 1. The molecule has 0 aliphatic rings. The first-order valence-electron chi connectivity index (χ1n) is 31.4. The molecule has 6 nitrogen and oxygen atoms in total. The van der Waals surface area contributed by atoms with Gasteiger partial charge in [0.1, 0.15) is 6.10 Å². The van der Waals surface area contributed by atoms with Crippen molar-refractivity contribution in [1.29, 1.82) is 0 Å². The molecule has 1 amide bonds. The molecule has 6 heteroatoms. The van der Waals surface area contributed by atoms with Gasteiger partial charge in [0, 0.05) is 6.42 Å². The smallest absolute Gasteiger partial charge is 0.306 e. The molecule has 3 atom stereocenters. The predicted molar refractivity (Wildman–Crippen MR) is 301 cm³/mol. The number of carbonyl (C=O) groups excluding carboxylic acids is 2. The van der Waals surface area contributed by atoms with E-state index >= 15 is 0 Å². The molecule has 0 heterocycles. The highest BCUT2D eigenvalue weighted by atomic mass is 16.5. The second-order valence-corrected chi connectivity index (χ2v) is 21.8. The Morgan fingerprint density at radius 2 is 0.696 bits per heavy atom. The quantitative estimate of drug-likeness (QED) is 0.0321. The Kier molecular flexibility index (Phi) is 56.3. The number of hydrogen-bond donors (Lipinski definition) is 3. The van der Waals surface area contributed by atoms with Crippen molar-refractivity contribution >= 4 is 11.9 Å². The number of unbranched alkanes of at least 4 members (excludes halogenated alkanes) is 44. The number of aliphatic hydroxyl groups excluding tert-OH is 2. The highest BCUT2D eigenvalue weighted by Gasteiger charge is 2.24. The van der Waals surface area contributed by atoms with E-state index in [0.29, 0.717) is 19.3 Å². The summed E-state index contributed by atoms with van der Waals surface area (Å²) in [5, 5.41) is 24.0. The van der Waals surface area contributed by atoms with E-state index < -0.39 is 18.2 Å². The highest BCUT2D eigenvalue weighted by Crippen LogP contribution is 2.19. The molecule has 0 bridgehead atoms. The molecule has 0 aliphatic heterocycles. The number of carbonyl (C=O) groups is 2.